The number of phenols is 2. The summed E-state index contributed by atoms with van der Waals surface area (Å²) in [4.78, 5) is 0. The molecule has 2 nitrogen and oxygen atoms in total. The molecule has 0 aliphatic rings. The third kappa shape index (κ3) is 3.34. The molecular formula is C15H14Cl2O2. The zero-order chi connectivity index (χ0) is 14.0. The molecule has 0 saturated carbocycles. The van der Waals surface area contributed by atoms with Crippen LogP contribution in [0.5, 0.6) is 11.5 Å². The molecule has 0 bridgehead atoms. The number of halogens is 2. The summed E-state index contributed by atoms with van der Waals surface area (Å²) in [6.07, 6.45) is 0.754. The van der Waals surface area contributed by atoms with E-state index >= 15 is 0 Å². The van der Waals surface area contributed by atoms with Gasteiger partial charge in [0.2, 0.25) is 0 Å². The Morgan fingerprint density at radius 1 is 1.00 bits per heavy atom. The molecule has 19 heavy (non-hydrogen) atoms. The molecule has 2 aromatic carbocycles. The lowest BCUT2D eigenvalue weighted by Gasteiger charge is -2.13. The predicted molar refractivity (Wildman–Crippen MR) is 78.4 cm³/mol. The highest BCUT2D eigenvalue weighted by atomic mass is 35.5. The van der Waals surface area contributed by atoms with Gasteiger partial charge in [-0.2, -0.15) is 0 Å². The third-order valence-electron chi connectivity index (χ3n) is 3.08. The van der Waals surface area contributed by atoms with Gasteiger partial charge in [-0.15, -0.1) is 0 Å². The Morgan fingerprint density at radius 3 is 2.05 bits per heavy atom. The molecule has 0 heterocycles. The minimum Gasteiger partial charge on any atom is -0.508 e. The van der Waals surface area contributed by atoms with Crippen LogP contribution in [0.2, 0.25) is 10.0 Å². The van der Waals surface area contributed by atoms with Crippen molar-refractivity contribution >= 4 is 23.2 Å². The number of rotatable bonds is 3. The van der Waals surface area contributed by atoms with Gasteiger partial charge in [0.05, 0.1) is 10.0 Å². The highest BCUT2D eigenvalue weighted by molar-refractivity contribution is 6.37. The number of benzene rings is 2. The lowest BCUT2D eigenvalue weighted by molar-refractivity contribution is 0.474. The van der Waals surface area contributed by atoms with Crippen molar-refractivity contribution in [1.82, 2.24) is 0 Å². The quantitative estimate of drug-likeness (QED) is 0.858. The van der Waals surface area contributed by atoms with Gasteiger partial charge in [-0.05, 0) is 47.7 Å². The zero-order valence-electron chi connectivity index (χ0n) is 10.4. The van der Waals surface area contributed by atoms with E-state index in [2.05, 4.69) is 6.92 Å². The normalized spacial score (nSPS) is 12.4. The molecule has 0 fully saturated rings. The molecule has 0 aliphatic carbocycles. The molecule has 0 radical (unpaired) electrons. The second kappa shape index (κ2) is 5.72. The van der Waals surface area contributed by atoms with Crippen molar-refractivity contribution in [2.75, 3.05) is 0 Å². The van der Waals surface area contributed by atoms with Gasteiger partial charge in [0.15, 0.2) is 5.75 Å². The molecule has 0 amide bonds. The van der Waals surface area contributed by atoms with Crippen LogP contribution in [0.1, 0.15) is 24.0 Å². The van der Waals surface area contributed by atoms with E-state index in [1.165, 1.54) is 0 Å². The topological polar surface area (TPSA) is 40.5 Å². The van der Waals surface area contributed by atoms with Crippen LogP contribution in [0, 0.1) is 0 Å². The van der Waals surface area contributed by atoms with Crippen LogP contribution in [0.15, 0.2) is 36.4 Å². The Bertz CT molecular complexity index is 556. The fraction of sp³-hybridized carbons (Fsp3) is 0.200. The molecule has 2 aromatic rings. The molecule has 2 rings (SSSR count). The van der Waals surface area contributed by atoms with Crippen molar-refractivity contribution < 1.29 is 10.2 Å². The molecule has 2 N–H and O–H groups in total. The Morgan fingerprint density at radius 2 is 1.53 bits per heavy atom. The van der Waals surface area contributed by atoms with Crippen molar-refractivity contribution in [3.8, 4) is 11.5 Å². The maximum absolute atomic E-state index is 9.52. The van der Waals surface area contributed by atoms with E-state index in [4.69, 9.17) is 23.2 Å². The van der Waals surface area contributed by atoms with E-state index in [1.54, 1.807) is 24.3 Å². The van der Waals surface area contributed by atoms with E-state index in [9.17, 15) is 10.2 Å². The van der Waals surface area contributed by atoms with Gasteiger partial charge < -0.3 is 10.2 Å². The van der Waals surface area contributed by atoms with Gasteiger partial charge in [-0.3, -0.25) is 0 Å². The first-order chi connectivity index (χ1) is 8.97. The Balaban J connectivity index is 2.19. The van der Waals surface area contributed by atoms with Crippen LogP contribution in [-0.2, 0) is 6.42 Å². The van der Waals surface area contributed by atoms with Crippen LogP contribution < -0.4 is 0 Å². The second-order valence-electron chi connectivity index (χ2n) is 4.60. The summed E-state index contributed by atoms with van der Waals surface area (Å²) in [5.74, 6) is 0.438. The molecule has 0 aliphatic heterocycles. The van der Waals surface area contributed by atoms with Gasteiger partial charge in [0.1, 0.15) is 5.75 Å². The Labute approximate surface area is 122 Å². The van der Waals surface area contributed by atoms with Gasteiger partial charge >= 0.3 is 0 Å². The first-order valence-corrected chi connectivity index (χ1v) is 6.69. The summed E-state index contributed by atoms with van der Waals surface area (Å²) in [7, 11) is 0. The summed E-state index contributed by atoms with van der Waals surface area (Å²) < 4.78 is 0. The highest BCUT2D eigenvalue weighted by Gasteiger charge is 2.11. The number of aromatic hydroxyl groups is 2. The second-order valence-corrected chi connectivity index (χ2v) is 5.42. The predicted octanol–water partition coefficient (Wildman–Crippen LogP) is 4.75. The fourth-order valence-electron chi connectivity index (χ4n) is 2.01. The molecule has 4 heteroatoms. The molecular weight excluding hydrogens is 283 g/mol. The van der Waals surface area contributed by atoms with E-state index in [0.717, 1.165) is 17.5 Å². The summed E-state index contributed by atoms with van der Waals surface area (Å²) in [6.45, 7) is 2.08. The standard InChI is InChI=1S/C15H14Cl2O2/c1-9(11-2-4-12(18)5-3-11)6-10-7-13(16)15(19)14(17)8-10/h2-5,7-9,18-19H,6H2,1H3/t9-/m1/s1. The van der Waals surface area contributed by atoms with E-state index in [0.29, 0.717) is 0 Å². The molecule has 0 spiro atoms. The smallest absolute Gasteiger partial charge is 0.152 e. The number of phenolic OH excluding ortho intramolecular Hbond substituents is 2. The zero-order valence-corrected chi connectivity index (χ0v) is 11.9. The van der Waals surface area contributed by atoms with E-state index in [1.807, 2.05) is 12.1 Å². The Kier molecular flexibility index (Phi) is 4.23. The SMILES string of the molecule is C[C@H](Cc1cc(Cl)c(O)c(Cl)c1)c1ccc(O)cc1. The summed E-state index contributed by atoms with van der Waals surface area (Å²) >= 11 is 11.8. The fourth-order valence-corrected chi connectivity index (χ4v) is 2.54. The molecule has 0 aromatic heterocycles. The molecule has 0 unspecified atom stereocenters. The van der Waals surface area contributed by atoms with Gasteiger partial charge in [0.25, 0.3) is 0 Å². The monoisotopic (exact) mass is 296 g/mol. The summed E-state index contributed by atoms with van der Waals surface area (Å²) in [6, 6.07) is 10.6. The largest absolute Gasteiger partial charge is 0.508 e. The van der Waals surface area contributed by atoms with Crippen LogP contribution in [0.3, 0.4) is 0 Å². The average molecular weight is 297 g/mol. The Hall–Kier alpha value is -1.38. The lowest BCUT2D eigenvalue weighted by atomic mass is 9.94. The molecule has 1 atom stereocenters. The number of hydrogen-bond acceptors (Lipinski definition) is 2. The first-order valence-electron chi connectivity index (χ1n) is 5.93. The first kappa shape index (κ1) is 14.0. The van der Waals surface area contributed by atoms with Crippen LogP contribution >= 0.6 is 23.2 Å². The average Bonchev–Trinajstić information content (AvgIpc) is 2.36. The van der Waals surface area contributed by atoms with E-state index < -0.39 is 0 Å². The van der Waals surface area contributed by atoms with Crippen LogP contribution in [-0.4, -0.2) is 10.2 Å². The lowest BCUT2D eigenvalue weighted by Crippen LogP contribution is -1.98. The van der Waals surface area contributed by atoms with Gasteiger partial charge in [0, 0.05) is 0 Å². The molecule has 0 saturated heterocycles. The van der Waals surface area contributed by atoms with Crippen molar-refractivity contribution in [3.05, 3.63) is 57.6 Å². The van der Waals surface area contributed by atoms with Crippen molar-refractivity contribution in [1.29, 1.82) is 0 Å². The van der Waals surface area contributed by atoms with Gasteiger partial charge in [-0.25, -0.2) is 0 Å². The van der Waals surface area contributed by atoms with Crippen molar-refractivity contribution in [3.63, 3.8) is 0 Å². The minimum atomic E-state index is -0.0793. The summed E-state index contributed by atoms with van der Waals surface area (Å²) in [5, 5.41) is 19.3. The van der Waals surface area contributed by atoms with Crippen LogP contribution in [0.25, 0.3) is 0 Å². The summed E-state index contributed by atoms with van der Waals surface area (Å²) in [5.41, 5.74) is 2.09. The van der Waals surface area contributed by atoms with Crippen molar-refractivity contribution in [2.24, 2.45) is 0 Å². The maximum Gasteiger partial charge on any atom is 0.152 e. The van der Waals surface area contributed by atoms with Crippen LogP contribution in [0.4, 0.5) is 0 Å². The van der Waals surface area contributed by atoms with E-state index in [-0.39, 0.29) is 27.5 Å². The highest BCUT2D eigenvalue weighted by Crippen LogP contribution is 2.34. The third-order valence-corrected chi connectivity index (χ3v) is 3.66. The van der Waals surface area contributed by atoms with Gasteiger partial charge in [-0.1, -0.05) is 42.3 Å². The minimum absolute atomic E-state index is 0.0793. The number of hydrogen-bond donors (Lipinski definition) is 2. The maximum atomic E-state index is 9.52. The van der Waals surface area contributed by atoms with Crippen molar-refractivity contribution in [2.45, 2.75) is 19.3 Å². The molecule has 100 valence electrons.